The van der Waals surface area contributed by atoms with Gasteiger partial charge in [-0.1, -0.05) is 78.0 Å². The van der Waals surface area contributed by atoms with Crippen molar-refractivity contribution < 1.29 is 4.52 Å². The van der Waals surface area contributed by atoms with Crippen LogP contribution < -0.4 is 5.56 Å². The first-order chi connectivity index (χ1) is 14.2. The van der Waals surface area contributed by atoms with E-state index >= 15 is 0 Å². The zero-order valence-corrected chi connectivity index (χ0v) is 15.7. The van der Waals surface area contributed by atoms with Gasteiger partial charge in [-0.15, -0.1) is 0 Å². The lowest BCUT2D eigenvalue weighted by molar-refractivity contribution is 0.400. The third-order valence-electron chi connectivity index (χ3n) is 4.92. The van der Waals surface area contributed by atoms with E-state index in [4.69, 9.17) is 9.51 Å². The van der Waals surface area contributed by atoms with Crippen molar-refractivity contribution in [1.29, 1.82) is 0 Å². The first kappa shape index (κ1) is 17.1. The van der Waals surface area contributed by atoms with Gasteiger partial charge in [-0.05, 0) is 24.6 Å². The van der Waals surface area contributed by atoms with Gasteiger partial charge in [0.2, 0.25) is 5.88 Å². The number of aryl methyl sites for hydroxylation is 1. The van der Waals surface area contributed by atoms with Gasteiger partial charge < -0.3 is 4.52 Å². The van der Waals surface area contributed by atoms with Crippen molar-refractivity contribution in [1.82, 2.24) is 14.7 Å². The maximum absolute atomic E-state index is 13.6. The molecule has 0 unspecified atom stereocenters. The van der Waals surface area contributed by atoms with Crippen LogP contribution in [-0.4, -0.2) is 14.7 Å². The van der Waals surface area contributed by atoms with Gasteiger partial charge in [-0.2, -0.15) is 0 Å². The maximum atomic E-state index is 13.6. The largest absolute Gasteiger partial charge is 0.337 e. The number of aromatic nitrogens is 3. The Morgan fingerprint density at radius 3 is 2.14 bits per heavy atom. The number of para-hydroxylation sites is 1. The molecule has 0 saturated heterocycles. The summed E-state index contributed by atoms with van der Waals surface area (Å²) in [6, 6.07) is 26.8. The van der Waals surface area contributed by atoms with E-state index in [2.05, 4.69) is 5.16 Å². The zero-order valence-electron chi connectivity index (χ0n) is 15.7. The van der Waals surface area contributed by atoms with Gasteiger partial charge in [0.15, 0.2) is 5.82 Å². The summed E-state index contributed by atoms with van der Waals surface area (Å²) in [4.78, 5) is 18.4. The lowest BCUT2D eigenvalue weighted by Gasteiger charge is -2.13. The van der Waals surface area contributed by atoms with E-state index in [9.17, 15) is 4.79 Å². The monoisotopic (exact) mass is 379 g/mol. The highest BCUT2D eigenvalue weighted by atomic mass is 16.5. The highest BCUT2D eigenvalue weighted by molar-refractivity contribution is 5.82. The molecule has 0 N–H and O–H groups in total. The fourth-order valence-corrected chi connectivity index (χ4v) is 3.55. The van der Waals surface area contributed by atoms with Crippen LogP contribution in [-0.2, 0) is 0 Å². The summed E-state index contributed by atoms with van der Waals surface area (Å²) in [5.41, 5.74) is 3.70. The highest BCUT2D eigenvalue weighted by Gasteiger charge is 2.23. The highest BCUT2D eigenvalue weighted by Crippen LogP contribution is 2.32. The molecule has 3 aromatic carbocycles. The molecular formula is C24H17N3O2. The van der Waals surface area contributed by atoms with Crippen molar-refractivity contribution in [3.05, 3.63) is 101 Å². The van der Waals surface area contributed by atoms with Gasteiger partial charge in [0.1, 0.15) is 0 Å². The van der Waals surface area contributed by atoms with E-state index < -0.39 is 0 Å². The number of benzene rings is 3. The topological polar surface area (TPSA) is 60.9 Å². The van der Waals surface area contributed by atoms with Gasteiger partial charge in [-0.25, -0.2) is 9.55 Å². The molecule has 0 aliphatic rings. The lowest BCUT2D eigenvalue weighted by atomic mass is 10.1. The Labute approximate surface area is 166 Å². The zero-order chi connectivity index (χ0) is 19.8. The molecule has 5 aromatic rings. The molecule has 0 bridgehead atoms. The standard InChI is InChI=1S/C24H17N3O2/c1-16-21(17-10-4-2-5-11-17)24(29-26-16)27-22(18-12-6-3-7-13-18)25-20-15-9-8-14-19(20)23(27)28/h2-15H,1H3. The maximum Gasteiger partial charge on any atom is 0.268 e. The molecule has 0 spiro atoms. The Hall–Kier alpha value is -3.99. The van der Waals surface area contributed by atoms with E-state index in [1.54, 1.807) is 6.07 Å². The minimum atomic E-state index is -0.192. The van der Waals surface area contributed by atoms with Crippen LogP contribution in [0.15, 0.2) is 94.2 Å². The first-order valence-corrected chi connectivity index (χ1v) is 9.33. The fourth-order valence-electron chi connectivity index (χ4n) is 3.55. The Bertz CT molecular complexity index is 1370. The predicted molar refractivity (Wildman–Crippen MR) is 113 cm³/mol. The van der Waals surface area contributed by atoms with Crippen LogP contribution in [0, 0.1) is 6.92 Å². The van der Waals surface area contributed by atoms with Crippen molar-refractivity contribution >= 4 is 10.9 Å². The van der Waals surface area contributed by atoms with Crippen molar-refractivity contribution in [3.8, 4) is 28.4 Å². The average Bonchev–Trinajstić information content (AvgIpc) is 3.16. The van der Waals surface area contributed by atoms with Crippen LogP contribution >= 0.6 is 0 Å². The summed E-state index contributed by atoms with van der Waals surface area (Å²) < 4.78 is 7.23. The molecule has 5 nitrogen and oxygen atoms in total. The van der Waals surface area contributed by atoms with E-state index in [-0.39, 0.29) is 5.56 Å². The minimum Gasteiger partial charge on any atom is -0.337 e. The first-order valence-electron chi connectivity index (χ1n) is 9.33. The number of fused-ring (bicyclic) bond motifs is 1. The second-order valence-electron chi connectivity index (χ2n) is 6.77. The SMILES string of the molecule is Cc1noc(-n2c(-c3ccccc3)nc3ccccc3c2=O)c1-c1ccccc1. The Morgan fingerprint density at radius 1 is 0.793 bits per heavy atom. The smallest absolute Gasteiger partial charge is 0.268 e. The number of hydrogen-bond acceptors (Lipinski definition) is 4. The van der Waals surface area contributed by atoms with Crippen molar-refractivity contribution in [2.24, 2.45) is 0 Å². The summed E-state index contributed by atoms with van der Waals surface area (Å²) in [5, 5.41) is 4.69. The van der Waals surface area contributed by atoms with E-state index in [1.165, 1.54) is 4.57 Å². The molecule has 0 radical (unpaired) electrons. The van der Waals surface area contributed by atoms with E-state index in [0.29, 0.717) is 28.3 Å². The molecule has 140 valence electrons. The number of nitrogens with zero attached hydrogens (tertiary/aromatic N) is 3. The molecule has 0 atom stereocenters. The average molecular weight is 379 g/mol. The molecule has 0 saturated carbocycles. The van der Waals surface area contributed by atoms with Crippen molar-refractivity contribution in [2.45, 2.75) is 6.92 Å². The number of hydrogen-bond donors (Lipinski definition) is 0. The van der Waals surface area contributed by atoms with Gasteiger partial charge >= 0.3 is 0 Å². The lowest BCUT2D eigenvalue weighted by Crippen LogP contribution is -2.22. The molecule has 0 aliphatic carbocycles. The molecule has 2 aromatic heterocycles. The molecule has 0 amide bonds. The summed E-state index contributed by atoms with van der Waals surface area (Å²) in [6.45, 7) is 1.87. The molecule has 0 fully saturated rings. The van der Waals surface area contributed by atoms with Gasteiger partial charge in [0, 0.05) is 5.56 Å². The Morgan fingerprint density at radius 2 is 1.41 bits per heavy atom. The predicted octanol–water partition coefficient (Wildman–Crippen LogP) is 5.02. The van der Waals surface area contributed by atoms with Crippen molar-refractivity contribution in [2.75, 3.05) is 0 Å². The van der Waals surface area contributed by atoms with Crippen LogP contribution in [0.4, 0.5) is 0 Å². The second kappa shape index (κ2) is 6.87. The minimum absolute atomic E-state index is 0.192. The summed E-state index contributed by atoms with van der Waals surface area (Å²) in [7, 11) is 0. The van der Waals surface area contributed by atoms with Gasteiger partial charge in [0.05, 0.1) is 22.2 Å². The van der Waals surface area contributed by atoms with Crippen LogP contribution in [0.2, 0.25) is 0 Å². The summed E-state index contributed by atoms with van der Waals surface area (Å²) in [5.74, 6) is 0.887. The molecular weight excluding hydrogens is 362 g/mol. The Balaban J connectivity index is 1.90. The van der Waals surface area contributed by atoms with Gasteiger partial charge in [0.25, 0.3) is 5.56 Å². The third-order valence-corrected chi connectivity index (χ3v) is 4.92. The van der Waals surface area contributed by atoms with Crippen LogP contribution in [0.3, 0.4) is 0 Å². The quantitative estimate of drug-likeness (QED) is 0.442. The summed E-state index contributed by atoms with van der Waals surface area (Å²) >= 11 is 0. The van der Waals surface area contributed by atoms with Crippen LogP contribution in [0.5, 0.6) is 0 Å². The molecule has 5 rings (SSSR count). The van der Waals surface area contributed by atoms with Gasteiger partial charge in [-0.3, -0.25) is 4.79 Å². The van der Waals surface area contributed by atoms with E-state index in [0.717, 1.165) is 16.7 Å². The van der Waals surface area contributed by atoms with E-state index in [1.807, 2.05) is 85.8 Å². The summed E-state index contributed by atoms with van der Waals surface area (Å²) in [6.07, 6.45) is 0. The molecule has 0 aliphatic heterocycles. The number of rotatable bonds is 3. The molecule has 2 heterocycles. The van der Waals surface area contributed by atoms with Crippen molar-refractivity contribution in [3.63, 3.8) is 0 Å². The molecule has 5 heteroatoms. The van der Waals surface area contributed by atoms with Crippen LogP contribution in [0.25, 0.3) is 39.3 Å². The normalized spacial score (nSPS) is 11.1. The fraction of sp³-hybridized carbons (Fsp3) is 0.0417. The Kier molecular flexibility index (Phi) is 4.06. The van der Waals surface area contributed by atoms with Crippen LogP contribution in [0.1, 0.15) is 5.69 Å². The third kappa shape index (κ3) is 2.84. The molecule has 29 heavy (non-hydrogen) atoms. The second-order valence-corrected chi connectivity index (χ2v) is 6.77.